The van der Waals surface area contributed by atoms with Crippen LogP contribution >= 0.6 is 0 Å². The molecule has 3 nitrogen and oxygen atoms in total. The molecule has 1 aliphatic rings. The molecule has 1 aromatic rings. The van der Waals surface area contributed by atoms with E-state index < -0.39 is 0 Å². The predicted molar refractivity (Wildman–Crippen MR) is 54.0 cm³/mol. The number of aromatic nitrogens is 1. The summed E-state index contributed by atoms with van der Waals surface area (Å²) < 4.78 is 13.5. The van der Waals surface area contributed by atoms with Gasteiger partial charge < -0.3 is 10.2 Å². The molecule has 0 aliphatic carbocycles. The first-order valence-corrected chi connectivity index (χ1v) is 4.85. The van der Waals surface area contributed by atoms with Crippen LogP contribution in [0.3, 0.4) is 0 Å². The molecule has 0 spiro atoms. The maximum Gasteiger partial charge on any atom is 0.165 e. The Morgan fingerprint density at radius 2 is 2.14 bits per heavy atom. The second-order valence-electron chi connectivity index (χ2n) is 3.56. The molecule has 0 atom stereocenters. The maximum atomic E-state index is 13.5. The topological polar surface area (TPSA) is 28.2 Å². The lowest BCUT2D eigenvalue weighted by molar-refractivity contribution is 0.558. The number of nitrogens with zero attached hydrogens (tertiary/aromatic N) is 2. The summed E-state index contributed by atoms with van der Waals surface area (Å²) in [6.45, 7) is 5.29. The van der Waals surface area contributed by atoms with Gasteiger partial charge in [0.1, 0.15) is 0 Å². The van der Waals surface area contributed by atoms with Crippen LogP contribution in [-0.2, 0) is 0 Å². The highest BCUT2D eigenvalue weighted by Gasteiger charge is 2.15. The third-order valence-electron chi connectivity index (χ3n) is 2.38. The minimum absolute atomic E-state index is 0.216. The lowest BCUT2D eigenvalue weighted by atomic mass is 10.3. The molecular weight excluding hydrogens is 181 g/mol. The first-order chi connectivity index (χ1) is 6.77. The SMILES string of the molecule is Cc1cnc(N2CCNCC2)c(F)c1. The van der Waals surface area contributed by atoms with Gasteiger partial charge in [0.15, 0.2) is 11.6 Å². The lowest BCUT2D eigenvalue weighted by Crippen LogP contribution is -2.44. The molecule has 2 rings (SSSR count). The van der Waals surface area contributed by atoms with E-state index in [0.717, 1.165) is 31.7 Å². The number of piperazine rings is 1. The van der Waals surface area contributed by atoms with Crippen molar-refractivity contribution < 1.29 is 4.39 Å². The highest BCUT2D eigenvalue weighted by Crippen LogP contribution is 2.16. The molecule has 0 aromatic carbocycles. The molecule has 0 radical (unpaired) electrons. The van der Waals surface area contributed by atoms with Crippen LogP contribution in [0.25, 0.3) is 0 Å². The Morgan fingerprint density at radius 3 is 2.79 bits per heavy atom. The smallest absolute Gasteiger partial charge is 0.165 e. The molecule has 1 N–H and O–H groups in total. The van der Waals surface area contributed by atoms with Gasteiger partial charge in [-0.2, -0.15) is 0 Å². The average molecular weight is 195 g/mol. The average Bonchev–Trinajstić information content (AvgIpc) is 2.19. The zero-order valence-electron chi connectivity index (χ0n) is 8.26. The summed E-state index contributed by atoms with van der Waals surface area (Å²) in [6.07, 6.45) is 1.71. The van der Waals surface area contributed by atoms with E-state index in [9.17, 15) is 4.39 Å². The fraction of sp³-hybridized carbons (Fsp3) is 0.500. The number of hydrogen-bond acceptors (Lipinski definition) is 3. The Hall–Kier alpha value is -1.16. The quantitative estimate of drug-likeness (QED) is 0.722. The van der Waals surface area contributed by atoms with Crippen molar-refractivity contribution in [2.45, 2.75) is 6.92 Å². The van der Waals surface area contributed by atoms with E-state index >= 15 is 0 Å². The zero-order chi connectivity index (χ0) is 9.97. The Kier molecular flexibility index (Phi) is 2.63. The molecule has 76 valence electrons. The van der Waals surface area contributed by atoms with Gasteiger partial charge in [-0.15, -0.1) is 0 Å². The van der Waals surface area contributed by atoms with Gasteiger partial charge in [0, 0.05) is 32.4 Å². The molecule has 1 saturated heterocycles. The highest BCUT2D eigenvalue weighted by atomic mass is 19.1. The number of nitrogens with one attached hydrogen (secondary N) is 1. The zero-order valence-corrected chi connectivity index (χ0v) is 8.26. The molecule has 0 bridgehead atoms. The van der Waals surface area contributed by atoms with Crippen LogP contribution in [-0.4, -0.2) is 31.2 Å². The Bertz CT molecular complexity index is 321. The number of halogens is 1. The summed E-state index contributed by atoms with van der Waals surface area (Å²) in [5, 5.41) is 3.22. The van der Waals surface area contributed by atoms with Crippen molar-refractivity contribution in [2.75, 3.05) is 31.1 Å². The van der Waals surface area contributed by atoms with Crippen molar-refractivity contribution in [3.8, 4) is 0 Å². The predicted octanol–water partition coefficient (Wildman–Crippen LogP) is 0.939. The van der Waals surface area contributed by atoms with E-state index in [1.807, 2.05) is 11.8 Å². The molecular formula is C10H14FN3. The summed E-state index contributed by atoms with van der Waals surface area (Å²) in [7, 11) is 0. The Balaban J connectivity index is 2.22. The second kappa shape index (κ2) is 3.92. The van der Waals surface area contributed by atoms with Gasteiger partial charge >= 0.3 is 0 Å². The molecule has 1 fully saturated rings. The normalized spacial score (nSPS) is 17.1. The van der Waals surface area contributed by atoms with Gasteiger partial charge in [-0.05, 0) is 18.6 Å². The van der Waals surface area contributed by atoms with Gasteiger partial charge in [-0.25, -0.2) is 9.37 Å². The van der Waals surface area contributed by atoms with E-state index in [4.69, 9.17) is 0 Å². The van der Waals surface area contributed by atoms with E-state index in [0.29, 0.717) is 5.82 Å². The fourth-order valence-electron chi connectivity index (χ4n) is 1.64. The largest absolute Gasteiger partial charge is 0.352 e. The van der Waals surface area contributed by atoms with Gasteiger partial charge in [-0.1, -0.05) is 0 Å². The molecule has 1 aliphatic heterocycles. The first kappa shape index (κ1) is 9.40. The molecule has 0 saturated carbocycles. The number of pyridine rings is 1. The van der Waals surface area contributed by atoms with Gasteiger partial charge in [0.25, 0.3) is 0 Å². The van der Waals surface area contributed by atoms with Crippen molar-refractivity contribution in [3.05, 3.63) is 23.6 Å². The number of rotatable bonds is 1. The van der Waals surface area contributed by atoms with Gasteiger partial charge in [0.05, 0.1) is 0 Å². The maximum absolute atomic E-state index is 13.5. The fourth-order valence-corrected chi connectivity index (χ4v) is 1.64. The molecule has 0 amide bonds. The highest BCUT2D eigenvalue weighted by molar-refractivity contribution is 5.41. The monoisotopic (exact) mass is 195 g/mol. The summed E-state index contributed by atoms with van der Waals surface area (Å²) in [5.41, 5.74) is 0.862. The number of anilines is 1. The second-order valence-corrected chi connectivity index (χ2v) is 3.56. The summed E-state index contributed by atoms with van der Waals surface area (Å²) in [5.74, 6) is 0.268. The summed E-state index contributed by atoms with van der Waals surface area (Å²) in [6, 6.07) is 1.53. The van der Waals surface area contributed by atoms with Crippen molar-refractivity contribution in [1.82, 2.24) is 10.3 Å². The minimum atomic E-state index is -0.216. The van der Waals surface area contributed by atoms with Crippen LogP contribution in [0.15, 0.2) is 12.3 Å². The summed E-state index contributed by atoms with van der Waals surface area (Å²) in [4.78, 5) is 6.10. The third-order valence-corrected chi connectivity index (χ3v) is 2.38. The van der Waals surface area contributed by atoms with Crippen molar-refractivity contribution >= 4 is 5.82 Å². The van der Waals surface area contributed by atoms with Crippen LogP contribution in [0.2, 0.25) is 0 Å². The van der Waals surface area contributed by atoms with Gasteiger partial charge in [-0.3, -0.25) is 0 Å². The third kappa shape index (κ3) is 1.85. The molecule has 4 heteroatoms. The minimum Gasteiger partial charge on any atom is -0.352 e. The van der Waals surface area contributed by atoms with Crippen molar-refractivity contribution in [3.63, 3.8) is 0 Å². The van der Waals surface area contributed by atoms with Crippen molar-refractivity contribution in [1.29, 1.82) is 0 Å². The summed E-state index contributed by atoms with van der Waals surface area (Å²) >= 11 is 0. The van der Waals surface area contributed by atoms with Crippen LogP contribution in [0, 0.1) is 12.7 Å². The van der Waals surface area contributed by atoms with Crippen molar-refractivity contribution in [2.24, 2.45) is 0 Å². The van der Waals surface area contributed by atoms with E-state index in [1.54, 1.807) is 6.20 Å². The Morgan fingerprint density at radius 1 is 1.43 bits per heavy atom. The van der Waals surface area contributed by atoms with Crippen LogP contribution < -0.4 is 10.2 Å². The lowest BCUT2D eigenvalue weighted by Gasteiger charge is -2.28. The van der Waals surface area contributed by atoms with E-state index in [1.165, 1.54) is 6.07 Å². The van der Waals surface area contributed by atoms with E-state index in [-0.39, 0.29) is 5.82 Å². The van der Waals surface area contributed by atoms with Crippen LogP contribution in [0.5, 0.6) is 0 Å². The Labute approximate surface area is 82.9 Å². The van der Waals surface area contributed by atoms with Crippen LogP contribution in [0.4, 0.5) is 10.2 Å². The molecule has 2 heterocycles. The van der Waals surface area contributed by atoms with Crippen LogP contribution in [0.1, 0.15) is 5.56 Å². The molecule has 14 heavy (non-hydrogen) atoms. The molecule has 1 aromatic heterocycles. The van der Waals surface area contributed by atoms with Gasteiger partial charge in [0.2, 0.25) is 0 Å². The van der Waals surface area contributed by atoms with E-state index in [2.05, 4.69) is 10.3 Å². The molecule has 0 unspecified atom stereocenters. The number of hydrogen-bond donors (Lipinski definition) is 1. The first-order valence-electron chi connectivity index (χ1n) is 4.85. The standard InChI is InChI=1S/C10H14FN3/c1-8-6-9(11)10(13-7-8)14-4-2-12-3-5-14/h6-7,12H,2-5H2,1H3. The number of aryl methyl sites for hydroxylation is 1.